The lowest BCUT2D eigenvalue weighted by molar-refractivity contribution is 0.386. The molecular formula is C12H17FN2O. The molecule has 0 saturated heterocycles. The summed E-state index contributed by atoms with van der Waals surface area (Å²) in [6.45, 7) is 6.03. The van der Waals surface area contributed by atoms with Gasteiger partial charge >= 0.3 is 0 Å². The zero-order chi connectivity index (χ0) is 11.7. The third-order valence-corrected chi connectivity index (χ3v) is 2.87. The maximum Gasteiger partial charge on any atom is 0.167 e. The number of methoxy groups -OCH3 is 1. The van der Waals surface area contributed by atoms with Crippen molar-refractivity contribution in [2.75, 3.05) is 30.4 Å². The van der Waals surface area contributed by atoms with Crippen LogP contribution in [0.5, 0.6) is 5.75 Å². The van der Waals surface area contributed by atoms with Crippen LogP contribution in [0.25, 0.3) is 0 Å². The Morgan fingerprint density at radius 1 is 1.44 bits per heavy atom. The standard InChI is InChI=1S/C12H17FN2O/c1-8(2)15-5-4-14-10-6-9(13)12(16-3)7-11(10)15/h6-8,14H,4-5H2,1-3H3. The molecule has 0 saturated carbocycles. The lowest BCUT2D eigenvalue weighted by atomic mass is 10.1. The van der Waals surface area contributed by atoms with Gasteiger partial charge in [-0.15, -0.1) is 0 Å². The summed E-state index contributed by atoms with van der Waals surface area (Å²) in [5.41, 5.74) is 1.86. The molecular weight excluding hydrogens is 207 g/mol. The number of halogens is 1. The molecule has 1 heterocycles. The minimum Gasteiger partial charge on any atom is -0.494 e. The summed E-state index contributed by atoms with van der Waals surface area (Å²) < 4.78 is 18.5. The Hall–Kier alpha value is -1.45. The van der Waals surface area contributed by atoms with Gasteiger partial charge in [0.15, 0.2) is 11.6 Å². The van der Waals surface area contributed by atoms with E-state index in [0.29, 0.717) is 11.8 Å². The van der Waals surface area contributed by atoms with Crippen molar-refractivity contribution in [2.24, 2.45) is 0 Å². The second-order valence-corrected chi connectivity index (χ2v) is 4.22. The van der Waals surface area contributed by atoms with Gasteiger partial charge in [0.05, 0.1) is 18.5 Å². The maximum absolute atomic E-state index is 13.5. The van der Waals surface area contributed by atoms with Gasteiger partial charge in [-0.05, 0) is 13.8 Å². The van der Waals surface area contributed by atoms with Crippen LogP contribution in [0.3, 0.4) is 0 Å². The number of hydrogen-bond acceptors (Lipinski definition) is 3. The highest BCUT2D eigenvalue weighted by molar-refractivity contribution is 5.74. The van der Waals surface area contributed by atoms with E-state index in [1.807, 2.05) is 0 Å². The van der Waals surface area contributed by atoms with Crippen molar-refractivity contribution in [3.8, 4) is 5.75 Å². The quantitative estimate of drug-likeness (QED) is 0.835. The predicted octanol–water partition coefficient (Wildman–Crippen LogP) is 2.47. The van der Waals surface area contributed by atoms with Gasteiger partial charge in [0, 0.05) is 31.3 Å². The van der Waals surface area contributed by atoms with Crippen molar-refractivity contribution < 1.29 is 9.13 Å². The third-order valence-electron chi connectivity index (χ3n) is 2.87. The number of hydrogen-bond donors (Lipinski definition) is 1. The summed E-state index contributed by atoms with van der Waals surface area (Å²) in [7, 11) is 1.49. The molecule has 1 N–H and O–H groups in total. The van der Waals surface area contributed by atoms with Crippen LogP contribution in [-0.2, 0) is 0 Å². The Balaban J connectivity index is 2.46. The van der Waals surface area contributed by atoms with E-state index in [2.05, 4.69) is 24.1 Å². The van der Waals surface area contributed by atoms with Crippen LogP contribution < -0.4 is 15.0 Å². The van der Waals surface area contributed by atoms with Gasteiger partial charge in [-0.1, -0.05) is 0 Å². The van der Waals surface area contributed by atoms with Crippen LogP contribution in [0, 0.1) is 5.82 Å². The zero-order valence-corrected chi connectivity index (χ0v) is 9.88. The lowest BCUT2D eigenvalue weighted by Crippen LogP contribution is -2.38. The van der Waals surface area contributed by atoms with Gasteiger partial charge < -0.3 is 15.0 Å². The van der Waals surface area contributed by atoms with Crippen molar-refractivity contribution in [1.82, 2.24) is 0 Å². The topological polar surface area (TPSA) is 24.5 Å². The maximum atomic E-state index is 13.5. The van der Waals surface area contributed by atoms with E-state index in [9.17, 15) is 4.39 Å². The van der Waals surface area contributed by atoms with E-state index < -0.39 is 0 Å². The van der Waals surface area contributed by atoms with Crippen molar-refractivity contribution >= 4 is 11.4 Å². The van der Waals surface area contributed by atoms with Gasteiger partial charge in [-0.2, -0.15) is 0 Å². The average Bonchev–Trinajstić information content (AvgIpc) is 2.26. The number of fused-ring (bicyclic) bond motifs is 1. The first-order chi connectivity index (χ1) is 7.63. The van der Waals surface area contributed by atoms with E-state index in [0.717, 1.165) is 24.5 Å². The largest absolute Gasteiger partial charge is 0.494 e. The molecule has 2 rings (SSSR count). The number of rotatable bonds is 2. The van der Waals surface area contributed by atoms with E-state index >= 15 is 0 Å². The molecule has 1 aromatic rings. The number of benzene rings is 1. The second kappa shape index (κ2) is 4.20. The summed E-state index contributed by atoms with van der Waals surface area (Å²) in [5.74, 6) is -0.0209. The highest BCUT2D eigenvalue weighted by Gasteiger charge is 2.21. The van der Waals surface area contributed by atoms with Crippen LogP contribution in [0.15, 0.2) is 12.1 Å². The van der Waals surface area contributed by atoms with Gasteiger partial charge in [-0.25, -0.2) is 4.39 Å². The Morgan fingerprint density at radius 3 is 2.81 bits per heavy atom. The molecule has 88 valence electrons. The van der Waals surface area contributed by atoms with E-state index in [1.54, 1.807) is 6.07 Å². The van der Waals surface area contributed by atoms with Crippen LogP contribution >= 0.6 is 0 Å². The summed E-state index contributed by atoms with van der Waals surface area (Å²) in [4.78, 5) is 2.24. The normalized spacial score (nSPS) is 14.7. The Bertz CT molecular complexity index is 393. The summed E-state index contributed by atoms with van der Waals surface area (Å²) in [5, 5.41) is 3.20. The fourth-order valence-corrected chi connectivity index (χ4v) is 2.05. The van der Waals surface area contributed by atoms with Crippen molar-refractivity contribution in [3.05, 3.63) is 17.9 Å². The van der Waals surface area contributed by atoms with Crippen LogP contribution in [0.1, 0.15) is 13.8 Å². The summed E-state index contributed by atoms with van der Waals surface area (Å²) in [6.07, 6.45) is 0. The first kappa shape index (κ1) is 11.0. The molecule has 0 spiro atoms. The van der Waals surface area contributed by atoms with Crippen molar-refractivity contribution in [1.29, 1.82) is 0 Å². The average molecular weight is 224 g/mol. The fourth-order valence-electron chi connectivity index (χ4n) is 2.05. The van der Waals surface area contributed by atoms with Crippen LogP contribution in [0.4, 0.5) is 15.8 Å². The second-order valence-electron chi connectivity index (χ2n) is 4.22. The molecule has 3 nitrogen and oxygen atoms in total. The zero-order valence-electron chi connectivity index (χ0n) is 9.88. The highest BCUT2D eigenvalue weighted by atomic mass is 19.1. The Kier molecular flexibility index (Phi) is 2.90. The molecule has 0 bridgehead atoms. The Morgan fingerprint density at radius 2 is 2.19 bits per heavy atom. The third kappa shape index (κ3) is 1.79. The van der Waals surface area contributed by atoms with E-state index in [-0.39, 0.29) is 5.82 Å². The molecule has 4 heteroatoms. The first-order valence-electron chi connectivity index (χ1n) is 5.51. The molecule has 0 unspecified atom stereocenters. The minimum absolute atomic E-state index is 0.299. The lowest BCUT2D eigenvalue weighted by Gasteiger charge is -2.35. The molecule has 1 aliphatic rings. The van der Waals surface area contributed by atoms with Crippen LogP contribution in [0.2, 0.25) is 0 Å². The highest BCUT2D eigenvalue weighted by Crippen LogP contribution is 2.35. The van der Waals surface area contributed by atoms with Gasteiger partial charge in [-0.3, -0.25) is 0 Å². The molecule has 16 heavy (non-hydrogen) atoms. The number of nitrogens with one attached hydrogen (secondary N) is 1. The molecule has 1 aliphatic heterocycles. The number of ether oxygens (including phenoxy) is 1. The summed E-state index contributed by atoms with van der Waals surface area (Å²) in [6, 6.07) is 3.66. The van der Waals surface area contributed by atoms with Crippen LogP contribution in [-0.4, -0.2) is 26.2 Å². The molecule has 0 aromatic heterocycles. The molecule has 0 aliphatic carbocycles. The molecule has 1 aromatic carbocycles. The molecule has 0 atom stereocenters. The number of nitrogens with zero attached hydrogens (tertiary/aromatic N) is 1. The van der Waals surface area contributed by atoms with Crippen molar-refractivity contribution in [2.45, 2.75) is 19.9 Å². The van der Waals surface area contributed by atoms with E-state index in [4.69, 9.17) is 4.74 Å². The SMILES string of the molecule is COc1cc2c(cc1F)NCCN2C(C)C. The molecule has 0 amide bonds. The predicted molar refractivity (Wildman–Crippen MR) is 63.9 cm³/mol. The van der Waals surface area contributed by atoms with Gasteiger partial charge in [0.25, 0.3) is 0 Å². The molecule has 0 radical (unpaired) electrons. The molecule has 0 fully saturated rings. The first-order valence-corrected chi connectivity index (χ1v) is 5.51. The Labute approximate surface area is 95.2 Å². The van der Waals surface area contributed by atoms with Crippen molar-refractivity contribution in [3.63, 3.8) is 0 Å². The van der Waals surface area contributed by atoms with E-state index in [1.165, 1.54) is 13.2 Å². The smallest absolute Gasteiger partial charge is 0.167 e. The number of anilines is 2. The monoisotopic (exact) mass is 224 g/mol. The van der Waals surface area contributed by atoms with Gasteiger partial charge in [0.1, 0.15) is 0 Å². The summed E-state index contributed by atoms with van der Waals surface area (Å²) >= 11 is 0. The van der Waals surface area contributed by atoms with Gasteiger partial charge in [0.2, 0.25) is 0 Å². The minimum atomic E-state index is -0.320. The fraction of sp³-hybridized carbons (Fsp3) is 0.500.